The summed E-state index contributed by atoms with van der Waals surface area (Å²) in [6.07, 6.45) is 0.750. The Balaban J connectivity index is 0. The summed E-state index contributed by atoms with van der Waals surface area (Å²) in [6.45, 7) is 1.44. The molecule has 0 unspecified atom stereocenters. The van der Waals surface area contributed by atoms with Crippen LogP contribution in [0.2, 0.25) is 0 Å². The molecular weight excluding hydrogens is 148 g/mol. The summed E-state index contributed by atoms with van der Waals surface area (Å²) in [4.78, 5) is 8.81. The Hall–Kier alpha value is 0.410. The number of hydrogen-bond donors (Lipinski definition) is 0. The molecule has 0 N–H and O–H groups in total. The Kier molecular flexibility index (Phi) is 22.0. The normalized spacial score (nSPS) is 3.25. The van der Waals surface area contributed by atoms with Crippen LogP contribution in [0.25, 0.3) is 0 Å². The van der Waals surface area contributed by atoms with E-state index in [2.05, 4.69) is 0 Å². The average Bonchev–Trinajstić information content (AvgIpc) is 0.918. The minimum atomic E-state index is 0. The van der Waals surface area contributed by atoms with Crippen LogP contribution in [0.5, 0.6) is 0 Å². The van der Waals surface area contributed by atoms with Crippen LogP contribution < -0.4 is 0 Å². The van der Waals surface area contributed by atoms with Gasteiger partial charge in [0.15, 0.2) is 0 Å². The molecule has 0 radical (unpaired) electrons. The zero-order chi connectivity index (χ0) is 2.71. The monoisotopic (exact) mass is 151 g/mol. The third-order valence-corrected chi connectivity index (χ3v) is 0. The summed E-state index contributed by atoms with van der Waals surface area (Å²) < 4.78 is 0. The van der Waals surface area contributed by atoms with Gasteiger partial charge in [0.05, 0.1) is 0 Å². The quantitative estimate of drug-likeness (QED) is 0.358. The first kappa shape index (κ1) is 8.83. The first-order valence-electron chi connectivity index (χ1n) is 0.813. The maximum Gasteiger partial charge on any atom is 1.00 e. The maximum absolute atomic E-state index is 8.81. The van der Waals surface area contributed by atoms with Gasteiger partial charge in [0, 0.05) is 0 Å². The molecule has 0 amide bonds. The molecule has 0 saturated carbocycles. The van der Waals surface area contributed by atoms with E-state index in [0.29, 0.717) is 0 Å². The van der Waals surface area contributed by atoms with E-state index < -0.39 is 0 Å². The van der Waals surface area contributed by atoms with Crippen LogP contribution in [-0.2, 0) is 27.2 Å². The fraction of sp³-hybridized carbons (Fsp3) is 0.500. The predicted molar refractivity (Wildman–Crippen MR) is 11.7 cm³/mol. The molecule has 2 heteroatoms. The van der Waals surface area contributed by atoms with E-state index in [1.807, 2.05) is 0 Å². The van der Waals surface area contributed by atoms with Crippen molar-refractivity contribution in [1.29, 1.82) is 0 Å². The fourth-order valence-electron chi connectivity index (χ4n) is 0. The van der Waals surface area contributed by atoms with Gasteiger partial charge in [-0.15, -0.1) is 0 Å². The molecule has 0 saturated heterocycles. The molecule has 0 aromatic carbocycles. The standard InChI is InChI=1S/C2H4O.Ag/c1-2-3;/h2H,1H3;/q;+1. The molecule has 4 heavy (non-hydrogen) atoms. The molecule has 0 aliphatic heterocycles. The molecule has 0 aliphatic carbocycles. The van der Waals surface area contributed by atoms with Gasteiger partial charge in [0.25, 0.3) is 0 Å². The van der Waals surface area contributed by atoms with Crippen molar-refractivity contribution in [3.05, 3.63) is 0 Å². The van der Waals surface area contributed by atoms with Crippen molar-refractivity contribution in [3.63, 3.8) is 0 Å². The van der Waals surface area contributed by atoms with Gasteiger partial charge in [0.1, 0.15) is 6.29 Å². The summed E-state index contributed by atoms with van der Waals surface area (Å²) in [5.41, 5.74) is 0. The number of aldehydes is 1. The van der Waals surface area contributed by atoms with Crippen molar-refractivity contribution in [2.75, 3.05) is 0 Å². The number of hydrogen-bond acceptors (Lipinski definition) is 1. The molecule has 28 valence electrons. The second-order valence-electron chi connectivity index (χ2n) is 0.236. The molecule has 0 bridgehead atoms. The first-order valence-corrected chi connectivity index (χ1v) is 0.813. The van der Waals surface area contributed by atoms with Crippen LogP contribution in [0.3, 0.4) is 0 Å². The van der Waals surface area contributed by atoms with E-state index in [9.17, 15) is 0 Å². The molecule has 0 aliphatic rings. The molecule has 0 spiro atoms. The fourth-order valence-corrected chi connectivity index (χ4v) is 0. The van der Waals surface area contributed by atoms with E-state index in [1.165, 1.54) is 6.92 Å². The molecule has 0 rings (SSSR count). The molecular formula is C2H4AgO+. The van der Waals surface area contributed by atoms with Gasteiger partial charge in [-0.3, -0.25) is 0 Å². The van der Waals surface area contributed by atoms with Crippen LogP contribution in [0.1, 0.15) is 6.92 Å². The summed E-state index contributed by atoms with van der Waals surface area (Å²) >= 11 is 0. The van der Waals surface area contributed by atoms with Crippen molar-refractivity contribution in [2.24, 2.45) is 0 Å². The van der Waals surface area contributed by atoms with Crippen LogP contribution in [0, 0.1) is 0 Å². The Labute approximate surface area is 40.9 Å². The van der Waals surface area contributed by atoms with Gasteiger partial charge in [-0.2, -0.15) is 0 Å². The van der Waals surface area contributed by atoms with Crippen molar-refractivity contribution >= 4 is 6.29 Å². The second kappa shape index (κ2) is 9.96. The van der Waals surface area contributed by atoms with Crippen molar-refractivity contribution < 1.29 is 27.2 Å². The smallest absolute Gasteiger partial charge is 0.304 e. The van der Waals surface area contributed by atoms with Crippen molar-refractivity contribution in [2.45, 2.75) is 6.92 Å². The molecule has 0 heterocycles. The van der Waals surface area contributed by atoms with E-state index in [-0.39, 0.29) is 22.4 Å². The summed E-state index contributed by atoms with van der Waals surface area (Å²) in [5, 5.41) is 0. The topological polar surface area (TPSA) is 17.1 Å². The minimum absolute atomic E-state index is 0. The van der Waals surface area contributed by atoms with Crippen LogP contribution in [0.15, 0.2) is 0 Å². The maximum atomic E-state index is 8.81. The molecule has 0 fully saturated rings. The van der Waals surface area contributed by atoms with E-state index in [1.54, 1.807) is 0 Å². The first-order chi connectivity index (χ1) is 1.41. The molecule has 1 nitrogen and oxygen atoms in total. The summed E-state index contributed by atoms with van der Waals surface area (Å²) in [6, 6.07) is 0. The van der Waals surface area contributed by atoms with Gasteiger partial charge < -0.3 is 4.79 Å². The Morgan fingerprint density at radius 3 is 1.75 bits per heavy atom. The predicted octanol–water partition coefficient (Wildman–Crippen LogP) is 0.203. The van der Waals surface area contributed by atoms with E-state index >= 15 is 0 Å². The third kappa shape index (κ3) is 28.5. The molecule has 0 aromatic rings. The van der Waals surface area contributed by atoms with Gasteiger partial charge in [-0.25, -0.2) is 0 Å². The minimum Gasteiger partial charge on any atom is -0.304 e. The Morgan fingerprint density at radius 1 is 1.75 bits per heavy atom. The van der Waals surface area contributed by atoms with Crippen molar-refractivity contribution in [3.8, 4) is 0 Å². The van der Waals surface area contributed by atoms with Crippen molar-refractivity contribution in [1.82, 2.24) is 0 Å². The second-order valence-corrected chi connectivity index (χ2v) is 0.236. The van der Waals surface area contributed by atoms with Crippen LogP contribution in [-0.4, -0.2) is 6.29 Å². The van der Waals surface area contributed by atoms with Gasteiger partial charge in [-0.1, -0.05) is 0 Å². The number of carbonyl (C=O) groups excluding carboxylic acids is 1. The van der Waals surface area contributed by atoms with E-state index in [0.717, 1.165) is 6.29 Å². The number of rotatable bonds is 0. The molecule has 0 atom stereocenters. The zero-order valence-corrected chi connectivity index (χ0v) is 3.77. The zero-order valence-electron chi connectivity index (χ0n) is 2.29. The summed E-state index contributed by atoms with van der Waals surface area (Å²) in [7, 11) is 0. The Bertz CT molecular complexity index is 13.5. The Morgan fingerprint density at radius 2 is 1.75 bits per heavy atom. The van der Waals surface area contributed by atoms with Gasteiger partial charge in [0.2, 0.25) is 0 Å². The van der Waals surface area contributed by atoms with Gasteiger partial charge >= 0.3 is 22.4 Å². The number of carbonyl (C=O) groups is 1. The molecule has 0 aromatic heterocycles. The van der Waals surface area contributed by atoms with Crippen LogP contribution >= 0.6 is 0 Å². The summed E-state index contributed by atoms with van der Waals surface area (Å²) in [5.74, 6) is 0. The van der Waals surface area contributed by atoms with E-state index in [4.69, 9.17) is 4.79 Å². The van der Waals surface area contributed by atoms with Crippen LogP contribution in [0.4, 0.5) is 0 Å². The SMILES string of the molecule is CC=O.[Ag+]. The average molecular weight is 152 g/mol. The third-order valence-electron chi connectivity index (χ3n) is 0. The van der Waals surface area contributed by atoms with Gasteiger partial charge in [-0.05, 0) is 6.92 Å². The largest absolute Gasteiger partial charge is 1.00 e.